The second-order valence-electron chi connectivity index (χ2n) is 6.14. The molecular weight excluding hydrogens is 244 g/mol. The molecule has 0 aliphatic heterocycles. The fourth-order valence-corrected chi connectivity index (χ4v) is 2.59. The zero-order valence-electron chi connectivity index (χ0n) is 12.6. The van der Waals surface area contributed by atoms with Crippen molar-refractivity contribution in [3.63, 3.8) is 0 Å². The number of hydrogen-bond acceptors (Lipinski definition) is 3. The number of carbonyl (C=O) groups excluding carboxylic acids is 1. The molecule has 0 heterocycles. The Hall–Kier alpha value is -1.10. The number of carbonyl (C=O) groups is 2. The summed E-state index contributed by atoms with van der Waals surface area (Å²) in [5, 5.41) is 11.9. The number of likely N-dealkylation sites (N-methyl/N-ethyl adjacent to an activating group) is 1. The Bertz CT molecular complexity index is 355. The predicted molar refractivity (Wildman–Crippen MR) is 73.8 cm³/mol. The summed E-state index contributed by atoms with van der Waals surface area (Å²) >= 11 is 0. The fraction of sp³-hybridized carbons (Fsp3) is 0.857. The Morgan fingerprint density at radius 3 is 2.37 bits per heavy atom. The second kappa shape index (κ2) is 5.90. The van der Waals surface area contributed by atoms with Crippen molar-refractivity contribution in [3.05, 3.63) is 0 Å². The minimum Gasteiger partial charge on any atom is -0.481 e. The van der Waals surface area contributed by atoms with Gasteiger partial charge in [0.25, 0.3) is 0 Å². The van der Waals surface area contributed by atoms with E-state index in [9.17, 15) is 9.59 Å². The van der Waals surface area contributed by atoms with Gasteiger partial charge in [-0.1, -0.05) is 20.8 Å². The van der Waals surface area contributed by atoms with Crippen LogP contribution < -0.4 is 5.32 Å². The van der Waals surface area contributed by atoms with Gasteiger partial charge in [-0.2, -0.15) is 0 Å². The average Bonchev–Trinajstić information content (AvgIpc) is 2.91. The van der Waals surface area contributed by atoms with Crippen molar-refractivity contribution in [2.24, 2.45) is 17.3 Å². The van der Waals surface area contributed by atoms with E-state index < -0.39 is 17.3 Å². The highest BCUT2D eigenvalue weighted by atomic mass is 16.4. The third kappa shape index (κ3) is 3.47. The van der Waals surface area contributed by atoms with Crippen LogP contribution in [0.25, 0.3) is 0 Å². The molecule has 1 unspecified atom stereocenters. The lowest BCUT2D eigenvalue weighted by Gasteiger charge is -2.23. The Balaban J connectivity index is 2.36. The second-order valence-corrected chi connectivity index (χ2v) is 6.14. The van der Waals surface area contributed by atoms with E-state index in [1.807, 2.05) is 20.9 Å². The first kappa shape index (κ1) is 16.0. The van der Waals surface area contributed by atoms with E-state index in [1.54, 1.807) is 0 Å². The van der Waals surface area contributed by atoms with Crippen molar-refractivity contribution in [3.8, 4) is 0 Å². The molecule has 1 saturated carbocycles. The number of carboxylic acids is 1. The van der Waals surface area contributed by atoms with E-state index in [2.05, 4.69) is 24.1 Å². The van der Waals surface area contributed by atoms with Crippen LogP contribution in [-0.2, 0) is 9.59 Å². The molecule has 2 N–H and O–H groups in total. The summed E-state index contributed by atoms with van der Waals surface area (Å²) in [6.45, 7) is 9.29. The molecule has 0 aromatic heterocycles. The third-order valence-electron chi connectivity index (χ3n) is 4.48. The number of nitrogens with one attached hydrogen (secondary N) is 1. The van der Waals surface area contributed by atoms with Gasteiger partial charge in [0.2, 0.25) is 5.91 Å². The Kier molecular flexibility index (Phi) is 4.96. The molecule has 1 fully saturated rings. The van der Waals surface area contributed by atoms with E-state index in [4.69, 9.17) is 5.11 Å². The van der Waals surface area contributed by atoms with Crippen LogP contribution in [0.3, 0.4) is 0 Å². The van der Waals surface area contributed by atoms with Crippen LogP contribution in [0.5, 0.6) is 0 Å². The van der Waals surface area contributed by atoms with E-state index >= 15 is 0 Å². The molecule has 0 bridgehead atoms. The summed E-state index contributed by atoms with van der Waals surface area (Å²) in [6.07, 6.45) is 1.07. The van der Waals surface area contributed by atoms with Crippen LogP contribution in [0.1, 0.15) is 34.1 Å². The summed E-state index contributed by atoms with van der Waals surface area (Å²) in [7, 11) is 2.03. The Morgan fingerprint density at radius 2 is 1.95 bits per heavy atom. The highest BCUT2D eigenvalue weighted by molar-refractivity contribution is 5.91. The maximum atomic E-state index is 12.0. The van der Waals surface area contributed by atoms with Crippen molar-refractivity contribution in [1.82, 2.24) is 10.2 Å². The van der Waals surface area contributed by atoms with Gasteiger partial charge < -0.3 is 15.3 Å². The maximum absolute atomic E-state index is 12.0. The molecule has 110 valence electrons. The van der Waals surface area contributed by atoms with Crippen LogP contribution >= 0.6 is 0 Å². The Labute approximate surface area is 115 Å². The highest BCUT2D eigenvalue weighted by Crippen LogP contribution is 2.58. The summed E-state index contributed by atoms with van der Waals surface area (Å²) in [5.74, 6) is -1.93. The van der Waals surface area contributed by atoms with Crippen molar-refractivity contribution in [1.29, 1.82) is 0 Å². The van der Waals surface area contributed by atoms with Crippen LogP contribution in [0, 0.1) is 17.3 Å². The number of nitrogens with zero attached hydrogens (tertiary/aromatic N) is 1. The van der Waals surface area contributed by atoms with Crippen LogP contribution in [-0.4, -0.2) is 48.1 Å². The minimum absolute atomic E-state index is 0.130. The monoisotopic (exact) mass is 270 g/mol. The molecule has 1 rings (SSSR count). The van der Waals surface area contributed by atoms with Gasteiger partial charge in [-0.25, -0.2) is 0 Å². The van der Waals surface area contributed by atoms with Gasteiger partial charge in [-0.15, -0.1) is 0 Å². The van der Waals surface area contributed by atoms with Crippen molar-refractivity contribution < 1.29 is 14.7 Å². The van der Waals surface area contributed by atoms with E-state index in [0.29, 0.717) is 12.6 Å². The number of rotatable bonds is 7. The summed E-state index contributed by atoms with van der Waals surface area (Å²) in [4.78, 5) is 25.2. The summed E-state index contributed by atoms with van der Waals surface area (Å²) in [6, 6.07) is 0.487. The van der Waals surface area contributed by atoms with Gasteiger partial charge in [-0.3, -0.25) is 9.59 Å². The first-order valence-corrected chi connectivity index (χ1v) is 6.94. The molecule has 1 aliphatic carbocycles. The van der Waals surface area contributed by atoms with Crippen molar-refractivity contribution in [2.45, 2.75) is 40.2 Å². The third-order valence-corrected chi connectivity index (χ3v) is 4.48. The van der Waals surface area contributed by atoms with Crippen LogP contribution in [0.2, 0.25) is 0 Å². The van der Waals surface area contributed by atoms with Gasteiger partial charge in [0.15, 0.2) is 0 Å². The molecule has 0 radical (unpaired) electrons. The normalized spacial score (nSPS) is 26.0. The number of carboxylic acid groups (broad SMARTS) is 1. The van der Waals surface area contributed by atoms with Gasteiger partial charge in [-0.05, 0) is 25.8 Å². The molecule has 19 heavy (non-hydrogen) atoms. The Morgan fingerprint density at radius 1 is 1.37 bits per heavy atom. The molecule has 3 atom stereocenters. The SMILES string of the molecule is CCC(C)N(C)CCNC(=O)[C@H]1[C@@H](C(=O)O)C1(C)C. The van der Waals surface area contributed by atoms with Gasteiger partial charge in [0.05, 0.1) is 11.8 Å². The van der Waals surface area contributed by atoms with E-state index in [0.717, 1.165) is 13.0 Å². The predicted octanol–water partition coefficient (Wildman–Crippen LogP) is 1.19. The molecule has 0 saturated heterocycles. The van der Waals surface area contributed by atoms with Gasteiger partial charge in [0, 0.05) is 19.1 Å². The largest absolute Gasteiger partial charge is 0.481 e. The minimum atomic E-state index is -0.873. The topological polar surface area (TPSA) is 69.6 Å². The molecule has 1 amide bonds. The number of hydrogen-bond donors (Lipinski definition) is 2. The zero-order chi connectivity index (χ0) is 14.8. The first-order valence-electron chi connectivity index (χ1n) is 6.94. The van der Waals surface area contributed by atoms with Crippen LogP contribution in [0.4, 0.5) is 0 Å². The van der Waals surface area contributed by atoms with Crippen molar-refractivity contribution >= 4 is 11.9 Å². The average molecular weight is 270 g/mol. The fourth-order valence-electron chi connectivity index (χ4n) is 2.59. The van der Waals surface area contributed by atoms with E-state index in [1.165, 1.54) is 0 Å². The molecular formula is C14H26N2O3. The van der Waals surface area contributed by atoms with Crippen molar-refractivity contribution in [2.75, 3.05) is 20.1 Å². The lowest BCUT2D eigenvalue weighted by molar-refractivity contribution is -0.140. The molecule has 0 spiro atoms. The molecule has 1 aliphatic rings. The van der Waals surface area contributed by atoms with Crippen LogP contribution in [0.15, 0.2) is 0 Å². The highest BCUT2D eigenvalue weighted by Gasteiger charge is 2.65. The quantitative estimate of drug-likeness (QED) is 0.729. The molecule has 0 aromatic rings. The smallest absolute Gasteiger partial charge is 0.307 e. The lowest BCUT2D eigenvalue weighted by atomic mass is 10.1. The van der Waals surface area contributed by atoms with Gasteiger partial charge in [0.1, 0.15) is 0 Å². The standard InChI is InChI=1S/C14H26N2O3/c1-6-9(2)16(5)8-7-15-12(17)10-11(13(18)19)14(10,3)4/h9-11H,6-8H2,1-5H3,(H,15,17)(H,18,19)/t9?,10-,11+/m1/s1. The molecule has 5 nitrogen and oxygen atoms in total. The zero-order valence-corrected chi connectivity index (χ0v) is 12.6. The summed E-state index contributed by atoms with van der Waals surface area (Å²) in [5.41, 5.74) is -0.418. The number of aliphatic carboxylic acids is 1. The van der Waals surface area contributed by atoms with Gasteiger partial charge >= 0.3 is 5.97 Å². The maximum Gasteiger partial charge on any atom is 0.307 e. The summed E-state index contributed by atoms with van der Waals surface area (Å²) < 4.78 is 0. The first-order chi connectivity index (χ1) is 8.73. The lowest BCUT2D eigenvalue weighted by Crippen LogP contribution is -2.38. The van der Waals surface area contributed by atoms with E-state index in [-0.39, 0.29) is 11.8 Å². The number of amides is 1. The molecule has 5 heteroatoms. The molecule has 0 aromatic carbocycles.